The van der Waals surface area contributed by atoms with Crippen LogP contribution in [0, 0.1) is 0 Å². The van der Waals surface area contributed by atoms with E-state index in [4.69, 9.17) is 0 Å². The molecule has 7 heteroatoms. The van der Waals surface area contributed by atoms with E-state index < -0.39 is 0 Å². The molecule has 0 aromatic rings. The lowest BCUT2D eigenvalue weighted by Gasteiger charge is -2.33. The topological polar surface area (TPSA) is 60.0 Å². The molecule has 0 spiro atoms. The van der Waals surface area contributed by atoms with Crippen LogP contribution in [0.1, 0.15) is 46.0 Å². The number of aliphatic imine (C=N–C) groups is 1. The number of hydrogen-bond donors (Lipinski definition) is 2. The molecule has 24 heavy (non-hydrogen) atoms. The molecule has 2 fully saturated rings. The van der Waals surface area contributed by atoms with Crippen molar-refractivity contribution < 1.29 is 4.79 Å². The van der Waals surface area contributed by atoms with Gasteiger partial charge in [-0.1, -0.05) is 6.42 Å². The first-order valence-electron chi connectivity index (χ1n) is 9.24. The monoisotopic (exact) mass is 451 g/mol. The summed E-state index contributed by atoms with van der Waals surface area (Å²) >= 11 is 0. The van der Waals surface area contributed by atoms with Crippen molar-refractivity contribution in [2.45, 2.75) is 52.0 Å². The van der Waals surface area contributed by atoms with Gasteiger partial charge in [-0.25, -0.2) is 4.99 Å². The van der Waals surface area contributed by atoms with Crippen LogP contribution in [0.25, 0.3) is 0 Å². The number of rotatable bonds is 6. The molecule has 140 valence electrons. The lowest BCUT2D eigenvalue weighted by Crippen LogP contribution is -2.45. The van der Waals surface area contributed by atoms with E-state index in [0.717, 1.165) is 51.5 Å². The number of nitrogens with zero attached hydrogens (tertiary/aromatic N) is 3. The van der Waals surface area contributed by atoms with Crippen molar-refractivity contribution >= 4 is 35.8 Å². The molecule has 1 amide bonds. The van der Waals surface area contributed by atoms with Crippen molar-refractivity contribution in [3.8, 4) is 0 Å². The van der Waals surface area contributed by atoms with Gasteiger partial charge in [-0.05, 0) is 46.1 Å². The smallest absolute Gasteiger partial charge is 0.244 e. The summed E-state index contributed by atoms with van der Waals surface area (Å²) < 4.78 is 0. The number of nitrogens with one attached hydrogen (secondary N) is 2. The van der Waals surface area contributed by atoms with Crippen molar-refractivity contribution in [3.05, 3.63) is 0 Å². The Balaban J connectivity index is 0.00000288. The van der Waals surface area contributed by atoms with E-state index in [-0.39, 0.29) is 36.4 Å². The van der Waals surface area contributed by atoms with E-state index in [1.807, 2.05) is 11.8 Å². The van der Waals surface area contributed by atoms with E-state index in [2.05, 4.69) is 27.4 Å². The molecular weight excluding hydrogens is 417 g/mol. The largest absolute Gasteiger partial charge is 0.357 e. The van der Waals surface area contributed by atoms with E-state index in [1.165, 1.54) is 25.8 Å². The fraction of sp³-hybridized carbons (Fsp3) is 0.882. The van der Waals surface area contributed by atoms with E-state index in [9.17, 15) is 4.79 Å². The van der Waals surface area contributed by atoms with Gasteiger partial charge in [0.1, 0.15) is 6.54 Å². The minimum atomic E-state index is 0. The Morgan fingerprint density at radius 1 is 1.12 bits per heavy atom. The molecular formula is C17H34IN5O. The fourth-order valence-corrected chi connectivity index (χ4v) is 3.36. The normalized spacial score (nSPS) is 22.2. The Bertz CT molecular complexity index is 398. The van der Waals surface area contributed by atoms with Crippen LogP contribution in [0.4, 0.5) is 0 Å². The Hall–Kier alpha value is -0.570. The molecule has 0 aromatic heterocycles. The van der Waals surface area contributed by atoms with Crippen molar-refractivity contribution in [3.63, 3.8) is 0 Å². The van der Waals surface area contributed by atoms with Crippen molar-refractivity contribution in [2.75, 3.05) is 45.8 Å². The van der Waals surface area contributed by atoms with Crippen LogP contribution >= 0.6 is 24.0 Å². The summed E-state index contributed by atoms with van der Waals surface area (Å²) in [5.41, 5.74) is 0. The predicted octanol–water partition coefficient (Wildman–Crippen LogP) is 1.66. The maximum absolute atomic E-state index is 12.1. The summed E-state index contributed by atoms with van der Waals surface area (Å²) in [6.45, 7) is 10.3. The van der Waals surface area contributed by atoms with E-state index in [1.54, 1.807) is 0 Å². The van der Waals surface area contributed by atoms with E-state index in [0.29, 0.717) is 6.04 Å². The maximum atomic E-state index is 12.1. The summed E-state index contributed by atoms with van der Waals surface area (Å²) in [7, 11) is 0. The number of likely N-dealkylation sites (tertiary alicyclic amines) is 2. The summed E-state index contributed by atoms with van der Waals surface area (Å²) in [6.07, 6.45) is 6.22. The minimum absolute atomic E-state index is 0. The Kier molecular flexibility index (Phi) is 10.6. The zero-order chi connectivity index (χ0) is 16.5. The second-order valence-corrected chi connectivity index (χ2v) is 6.59. The van der Waals surface area contributed by atoms with Gasteiger partial charge >= 0.3 is 0 Å². The molecule has 0 saturated carbocycles. The number of halogens is 1. The zero-order valence-corrected chi connectivity index (χ0v) is 17.6. The average molecular weight is 451 g/mol. The molecule has 2 saturated heterocycles. The lowest BCUT2D eigenvalue weighted by atomic mass is 10.0. The Labute approximate surface area is 163 Å². The zero-order valence-electron chi connectivity index (χ0n) is 15.2. The quantitative estimate of drug-likeness (QED) is 0.367. The van der Waals surface area contributed by atoms with Gasteiger partial charge in [-0.2, -0.15) is 0 Å². The number of guanidine groups is 1. The molecule has 1 unspecified atom stereocenters. The van der Waals surface area contributed by atoms with Crippen molar-refractivity contribution in [2.24, 2.45) is 4.99 Å². The minimum Gasteiger partial charge on any atom is -0.357 e. The number of amides is 1. The summed E-state index contributed by atoms with van der Waals surface area (Å²) in [6, 6.07) is 0.682. The molecule has 0 aliphatic carbocycles. The van der Waals surface area contributed by atoms with Gasteiger partial charge in [-0.3, -0.25) is 9.69 Å². The van der Waals surface area contributed by atoms with Gasteiger partial charge in [0.25, 0.3) is 0 Å². The number of hydrogen-bond acceptors (Lipinski definition) is 3. The van der Waals surface area contributed by atoms with Crippen molar-refractivity contribution in [1.29, 1.82) is 0 Å². The summed E-state index contributed by atoms with van der Waals surface area (Å²) in [5.74, 6) is 0.897. The van der Waals surface area contributed by atoms with Crippen LogP contribution in [-0.2, 0) is 4.79 Å². The molecule has 2 rings (SSSR count). The first-order valence-corrected chi connectivity index (χ1v) is 9.24. The third kappa shape index (κ3) is 7.13. The predicted molar refractivity (Wildman–Crippen MR) is 110 cm³/mol. The first kappa shape index (κ1) is 21.5. The van der Waals surface area contributed by atoms with Gasteiger partial charge < -0.3 is 15.5 Å². The van der Waals surface area contributed by atoms with Crippen LogP contribution in [-0.4, -0.2) is 73.5 Å². The van der Waals surface area contributed by atoms with Crippen LogP contribution in [0.3, 0.4) is 0 Å². The van der Waals surface area contributed by atoms with Gasteiger partial charge in [0.2, 0.25) is 5.91 Å². The van der Waals surface area contributed by atoms with Crippen LogP contribution in [0.2, 0.25) is 0 Å². The second kappa shape index (κ2) is 11.9. The molecule has 2 heterocycles. The fourth-order valence-electron chi connectivity index (χ4n) is 3.36. The molecule has 0 aromatic carbocycles. The second-order valence-electron chi connectivity index (χ2n) is 6.59. The lowest BCUT2D eigenvalue weighted by molar-refractivity contribution is -0.128. The van der Waals surface area contributed by atoms with Gasteiger partial charge in [0, 0.05) is 38.8 Å². The molecule has 6 nitrogen and oxygen atoms in total. The number of piperidine rings is 1. The van der Waals surface area contributed by atoms with Gasteiger partial charge in [0.05, 0.1) is 0 Å². The number of carbonyl (C=O) groups is 1. The molecule has 2 aliphatic rings. The molecule has 0 bridgehead atoms. The van der Waals surface area contributed by atoms with Gasteiger partial charge in [0.15, 0.2) is 5.96 Å². The maximum Gasteiger partial charge on any atom is 0.244 e. The summed E-state index contributed by atoms with van der Waals surface area (Å²) in [5, 5.41) is 6.59. The highest BCUT2D eigenvalue weighted by Crippen LogP contribution is 2.15. The average Bonchev–Trinajstić information content (AvgIpc) is 3.08. The van der Waals surface area contributed by atoms with Crippen LogP contribution in [0.15, 0.2) is 4.99 Å². The van der Waals surface area contributed by atoms with Crippen LogP contribution < -0.4 is 10.6 Å². The number of carbonyl (C=O) groups excluding carboxylic acids is 1. The Morgan fingerprint density at radius 2 is 1.83 bits per heavy atom. The highest BCUT2D eigenvalue weighted by Gasteiger charge is 2.18. The molecule has 2 N–H and O–H groups in total. The van der Waals surface area contributed by atoms with Crippen molar-refractivity contribution in [1.82, 2.24) is 20.4 Å². The first-order chi connectivity index (χ1) is 11.2. The van der Waals surface area contributed by atoms with Gasteiger partial charge in [-0.15, -0.1) is 24.0 Å². The standard InChI is InChI=1S/C17H33N5O.HI/c1-3-18-17(20-14-16(23)22-11-6-7-12-22)19-9-13-21-10-5-4-8-15(21)2;/h15H,3-14H2,1-2H3,(H2,18,19,20);1H. The third-order valence-corrected chi connectivity index (χ3v) is 4.81. The highest BCUT2D eigenvalue weighted by molar-refractivity contribution is 14.0. The summed E-state index contributed by atoms with van der Waals surface area (Å²) in [4.78, 5) is 21.0. The SMILES string of the molecule is CCNC(=NCC(=O)N1CCCC1)NCCN1CCCCC1C.I. The molecule has 0 radical (unpaired) electrons. The highest BCUT2D eigenvalue weighted by atomic mass is 127. The molecule has 2 aliphatic heterocycles. The third-order valence-electron chi connectivity index (χ3n) is 4.81. The Morgan fingerprint density at radius 3 is 2.50 bits per heavy atom. The van der Waals surface area contributed by atoms with Crippen LogP contribution in [0.5, 0.6) is 0 Å². The van der Waals surface area contributed by atoms with E-state index >= 15 is 0 Å². The molecule has 1 atom stereocenters.